The van der Waals surface area contributed by atoms with Crippen molar-refractivity contribution in [3.05, 3.63) is 72.4 Å². The van der Waals surface area contributed by atoms with Crippen molar-refractivity contribution in [2.24, 2.45) is 0 Å². The molecule has 0 spiro atoms. The van der Waals surface area contributed by atoms with Gasteiger partial charge in [-0.15, -0.1) is 0 Å². The summed E-state index contributed by atoms with van der Waals surface area (Å²) in [6, 6.07) is 11.3. The minimum atomic E-state index is -0.107. The van der Waals surface area contributed by atoms with E-state index in [1.165, 1.54) is 0 Å². The summed E-state index contributed by atoms with van der Waals surface area (Å²) in [5, 5.41) is 2.99. The number of ether oxygens (including phenoxy) is 1. The monoisotopic (exact) mass is 363 g/mol. The average molecular weight is 363 g/mol. The summed E-state index contributed by atoms with van der Waals surface area (Å²) in [7, 11) is 0. The highest BCUT2D eigenvalue weighted by molar-refractivity contribution is 5.94. The number of nitrogens with one attached hydrogen (secondary N) is 1. The Morgan fingerprint density at radius 3 is 2.67 bits per heavy atom. The van der Waals surface area contributed by atoms with Crippen LogP contribution in [-0.4, -0.2) is 46.7 Å². The van der Waals surface area contributed by atoms with Crippen molar-refractivity contribution in [1.29, 1.82) is 0 Å². The summed E-state index contributed by atoms with van der Waals surface area (Å²) in [5.74, 6) is 0.806. The van der Waals surface area contributed by atoms with Crippen LogP contribution >= 0.6 is 0 Å². The van der Waals surface area contributed by atoms with Crippen LogP contribution in [0.3, 0.4) is 0 Å². The van der Waals surface area contributed by atoms with Crippen LogP contribution in [0, 0.1) is 0 Å². The number of carbonyl (C=O) groups is 1. The third-order valence-corrected chi connectivity index (χ3v) is 4.55. The van der Waals surface area contributed by atoms with Gasteiger partial charge < -0.3 is 19.5 Å². The Hall–Kier alpha value is -3.19. The molecule has 0 aliphatic carbocycles. The van der Waals surface area contributed by atoms with Crippen molar-refractivity contribution in [3.63, 3.8) is 0 Å². The maximum absolute atomic E-state index is 12.5. The lowest BCUT2D eigenvalue weighted by atomic mass is 10.1. The highest BCUT2D eigenvalue weighted by Gasteiger charge is 2.16. The third-order valence-electron chi connectivity index (χ3n) is 4.55. The molecular weight excluding hydrogens is 342 g/mol. The first-order chi connectivity index (χ1) is 13.3. The van der Waals surface area contributed by atoms with Gasteiger partial charge in [0.1, 0.15) is 5.82 Å². The zero-order valence-corrected chi connectivity index (χ0v) is 14.9. The lowest BCUT2D eigenvalue weighted by Crippen LogP contribution is -2.37. The second-order valence-electron chi connectivity index (χ2n) is 6.29. The van der Waals surface area contributed by atoms with Gasteiger partial charge in [0.2, 0.25) is 0 Å². The number of anilines is 1. The molecule has 1 saturated heterocycles. The summed E-state index contributed by atoms with van der Waals surface area (Å²) in [5.41, 5.74) is 2.59. The maximum Gasteiger partial charge on any atom is 0.251 e. The van der Waals surface area contributed by atoms with E-state index in [0.29, 0.717) is 25.3 Å². The van der Waals surface area contributed by atoms with Gasteiger partial charge in [-0.1, -0.05) is 6.07 Å². The Kier molecular flexibility index (Phi) is 5.11. The molecule has 2 aromatic heterocycles. The molecule has 1 N–H and O–H groups in total. The third kappa shape index (κ3) is 3.98. The van der Waals surface area contributed by atoms with Crippen molar-refractivity contribution < 1.29 is 9.53 Å². The normalized spacial score (nSPS) is 14.1. The second kappa shape index (κ2) is 8.01. The first-order valence-electron chi connectivity index (χ1n) is 8.94. The molecule has 1 aliphatic heterocycles. The molecule has 0 unspecified atom stereocenters. The van der Waals surface area contributed by atoms with Crippen LogP contribution in [0.5, 0.6) is 0 Å². The molecule has 0 bridgehead atoms. The van der Waals surface area contributed by atoms with Crippen LogP contribution in [0.1, 0.15) is 15.9 Å². The molecule has 0 atom stereocenters. The Balaban J connectivity index is 1.42. The van der Waals surface area contributed by atoms with Crippen molar-refractivity contribution in [2.75, 3.05) is 31.2 Å². The van der Waals surface area contributed by atoms with E-state index >= 15 is 0 Å². The van der Waals surface area contributed by atoms with Crippen LogP contribution < -0.4 is 10.2 Å². The van der Waals surface area contributed by atoms with Gasteiger partial charge in [-0.25, -0.2) is 9.97 Å². The van der Waals surface area contributed by atoms with Gasteiger partial charge in [-0.3, -0.25) is 4.79 Å². The van der Waals surface area contributed by atoms with Crippen LogP contribution in [-0.2, 0) is 11.3 Å². The van der Waals surface area contributed by atoms with Gasteiger partial charge in [-0.05, 0) is 30.3 Å². The van der Waals surface area contributed by atoms with Gasteiger partial charge in [0.05, 0.1) is 19.5 Å². The topological polar surface area (TPSA) is 72.3 Å². The average Bonchev–Trinajstić information content (AvgIpc) is 3.28. The molecule has 1 aromatic carbocycles. The Morgan fingerprint density at radius 1 is 1.11 bits per heavy atom. The van der Waals surface area contributed by atoms with Crippen molar-refractivity contribution in [1.82, 2.24) is 19.9 Å². The molecule has 0 saturated carbocycles. The number of hydrogen-bond donors (Lipinski definition) is 1. The fraction of sp³-hybridized carbons (Fsp3) is 0.250. The largest absolute Gasteiger partial charge is 0.378 e. The second-order valence-corrected chi connectivity index (χ2v) is 6.29. The fourth-order valence-electron chi connectivity index (χ4n) is 3.10. The van der Waals surface area contributed by atoms with Crippen LogP contribution in [0.4, 0.5) is 5.82 Å². The summed E-state index contributed by atoms with van der Waals surface area (Å²) in [6.07, 6.45) is 7.10. The SMILES string of the molecule is O=C(NCc1cccnc1N1CCOCC1)c1ccc(-n2ccnc2)cc1. The summed E-state index contributed by atoms with van der Waals surface area (Å²) >= 11 is 0. The van der Waals surface area contributed by atoms with Gasteiger partial charge in [0, 0.05) is 55.0 Å². The Labute approximate surface area is 157 Å². The number of carbonyl (C=O) groups excluding carboxylic acids is 1. The first-order valence-corrected chi connectivity index (χ1v) is 8.94. The number of pyridine rings is 1. The van der Waals surface area contributed by atoms with Gasteiger partial charge in [0.15, 0.2) is 0 Å². The standard InChI is InChI=1S/C20H21N5O2/c26-20(16-3-5-18(6-4-16)25-9-8-21-15-25)23-14-17-2-1-7-22-19(17)24-10-12-27-13-11-24/h1-9,15H,10-14H2,(H,23,26). The number of imidazole rings is 1. The van der Waals surface area contributed by atoms with E-state index in [-0.39, 0.29) is 5.91 Å². The number of hydrogen-bond acceptors (Lipinski definition) is 5. The molecule has 0 radical (unpaired) electrons. The summed E-state index contributed by atoms with van der Waals surface area (Å²) < 4.78 is 7.30. The molecule has 4 rings (SSSR count). The van der Waals surface area contributed by atoms with Crippen LogP contribution in [0.25, 0.3) is 5.69 Å². The first kappa shape index (κ1) is 17.2. The van der Waals surface area contributed by atoms with Gasteiger partial charge >= 0.3 is 0 Å². The Morgan fingerprint density at radius 2 is 1.93 bits per heavy atom. The molecule has 1 aliphatic rings. The molecule has 138 valence electrons. The lowest BCUT2D eigenvalue weighted by molar-refractivity contribution is 0.0950. The number of morpholine rings is 1. The van der Waals surface area contributed by atoms with Crippen LogP contribution in [0.15, 0.2) is 61.3 Å². The molecule has 27 heavy (non-hydrogen) atoms. The van der Waals surface area contributed by atoms with Gasteiger partial charge in [-0.2, -0.15) is 0 Å². The molecule has 1 amide bonds. The molecule has 3 heterocycles. The van der Waals surface area contributed by atoms with Crippen molar-refractivity contribution >= 4 is 11.7 Å². The molecular formula is C20H21N5O2. The molecule has 3 aromatic rings. The molecule has 1 fully saturated rings. The summed E-state index contributed by atoms with van der Waals surface area (Å²) in [4.78, 5) is 23.3. The highest BCUT2D eigenvalue weighted by atomic mass is 16.5. The number of rotatable bonds is 5. The number of benzene rings is 1. The van der Waals surface area contributed by atoms with E-state index in [1.54, 1.807) is 18.7 Å². The maximum atomic E-state index is 12.5. The minimum Gasteiger partial charge on any atom is -0.378 e. The zero-order chi connectivity index (χ0) is 18.5. The van der Waals surface area contributed by atoms with Crippen LogP contribution in [0.2, 0.25) is 0 Å². The number of nitrogens with zero attached hydrogens (tertiary/aromatic N) is 4. The van der Waals surface area contributed by atoms with E-state index < -0.39 is 0 Å². The van der Waals surface area contributed by atoms with Crippen molar-refractivity contribution in [3.8, 4) is 5.69 Å². The minimum absolute atomic E-state index is 0.107. The van der Waals surface area contributed by atoms with E-state index in [4.69, 9.17) is 4.74 Å². The Bertz CT molecular complexity index is 887. The predicted molar refractivity (Wildman–Crippen MR) is 102 cm³/mol. The number of aromatic nitrogens is 3. The lowest BCUT2D eigenvalue weighted by Gasteiger charge is -2.29. The quantitative estimate of drug-likeness (QED) is 0.751. The van der Waals surface area contributed by atoms with E-state index in [0.717, 1.165) is 30.2 Å². The van der Waals surface area contributed by atoms with E-state index in [9.17, 15) is 4.79 Å². The molecule has 7 heteroatoms. The number of amides is 1. The smallest absolute Gasteiger partial charge is 0.251 e. The highest BCUT2D eigenvalue weighted by Crippen LogP contribution is 2.18. The zero-order valence-electron chi connectivity index (χ0n) is 14.9. The van der Waals surface area contributed by atoms with E-state index in [2.05, 4.69) is 20.2 Å². The van der Waals surface area contributed by atoms with Gasteiger partial charge in [0.25, 0.3) is 5.91 Å². The van der Waals surface area contributed by atoms with E-state index in [1.807, 2.05) is 47.2 Å². The van der Waals surface area contributed by atoms with Crippen molar-refractivity contribution in [2.45, 2.75) is 6.54 Å². The predicted octanol–water partition coefficient (Wildman–Crippen LogP) is 2.03. The summed E-state index contributed by atoms with van der Waals surface area (Å²) in [6.45, 7) is 3.46. The molecule has 7 nitrogen and oxygen atoms in total. The fourth-order valence-corrected chi connectivity index (χ4v) is 3.10.